The van der Waals surface area contributed by atoms with Crippen LogP contribution in [0.3, 0.4) is 0 Å². The van der Waals surface area contributed by atoms with Gasteiger partial charge in [-0.15, -0.1) is 0 Å². The highest BCUT2D eigenvalue weighted by Crippen LogP contribution is 2.13. The van der Waals surface area contributed by atoms with Crippen LogP contribution in [0.1, 0.15) is 34.7 Å². The minimum absolute atomic E-state index is 0.117. The molecular formula is C17H20FNO3. The van der Waals surface area contributed by atoms with Gasteiger partial charge in [0.1, 0.15) is 23.1 Å². The first kappa shape index (κ1) is 16.1. The highest BCUT2D eigenvalue weighted by molar-refractivity contribution is 5.95. The third-order valence-electron chi connectivity index (χ3n) is 3.22. The van der Waals surface area contributed by atoms with Crippen molar-refractivity contribution in [3.8, 4) is 5.75 Å². The van der Waals surface area contributed by atoms with Gasteiger partial charge in [-0.1, -0.05) is 0 Å². The summed E-state index contributed by atoms with van der Waals surface area (Å²) in [7, 11) is 0. The van der Waals surface area contributed by atoms with Crippen LogP contribution in [0.2, 0.25) is 0 Å². The zero-order valence-corrected chi connectivity index (χ0v) is 12.8. The van der Waals surface area contributed by atoms with E-state index in [1.54, 1.807) is 25.1 Å². The highest BCUT2D eigenvalue weighted by Gasteiger charge is 2.12. The van der Waals surface area contributed by atoms with Crippen molar-refractivity contribution < 1.29 is 18.3 Å². The second kappa shape index (κ2) is 7.64. The summed E-state index contributed by atoms with van der Waals surface area (Å²) < 4.78 is 23.5. The quantitative estimate of drug-likeness (QED) is 0.795. The van der Waals surface area contributed by atoms with Gasteiger partial charge < -0.3 is 14.5 Å². The number of aryl methyl sites for hydroxylation is 2. The molecule has 0 radical (unpaired) electrons. The molecule has 0 saturated carbocycles. The van der Waals surface area contributed by atoms with Gasteiger partial charge in [-0.05, 0) is 57.0 Å². The van der Waals surface area contributed by atoms with E-state index in [1.807, 2.05) is 6.92 Å². The van der Waals surface area contributed by atoms with Gasteiger partial charge in [0.05, 0.1) is 12.2 Å². The van der Waals surface area contributed by atoms with Gasteiger partial charge >= 0.3 is 0 Å². The molecule has 0 unspecified atom stereocenters. The zero-order chi connectivity index (χ0) is 15.9. The average Bonchev–Trinajstić information content (AvgIpc) is 2.83. The molecule has 0 fully saturated rings. The van der Waals surface area contributed by atoms with Gasteiger partial charge in [-0.25, -0.2) is 4.39 Å². The maximum atomic E-state index is 12.7. The lowest BCUT2D eigenvalue weighted by molar-refractivity contribution is 0.0951. The molecule has 0 bridgehead atoms. The molecule has 0 aliphatic heterocycles. The van der Waals surface area contributed by atoms with Crippen molar-refractivity contribution in [1.82, 2.24) is 5.32 Å². The predicted octanol–water partition coefficient (Wildman–Crippen LogP) is 3.62. The Bertz CT molecular complexity index is 619. The highest BCUT2D eigenvalue weighted by atomic mass is 19.1. The lowest BCUT2D eigenvalue weighted by atomic mass is 10.2. The molecule has 1 N–H and O–H groups in total. The van der Waals surface area contributed by atoms with E-state index in [-0.39, 0.29) is 11.7 Å². The summed E-state index contributed by atoms with van der Waals surface area (Å²) in [5, 5.41) is 2.86. The number of hydrogen-bond acceptors (Lipinski definition) is 3. The second-order valence-electron chi connectivity index (χ2n) is 5.09. The molecule has 2 rings (SSSR count). The number of nitrogens with one attached hydrogen (secondary N) is 1. The van der Waals surface area contributed by atoms with E-state index in [4.69, 9.17) is 9.15 Å². The summed E-state index contributed by atoms with van der Waals surface area (Å²) in [4.78, 5) is 11.9. The molecule has 1 amide bonds. The molecule has 0 atom stereocenters. The third-order valence-corrected chi connectivity index (χ3v) is 3.22. The maximum absolute atomic E-state index is 12.7. The fourth-order valence-electron chi connectivity index (χ4n) is 2.10. The molecule has 0 aliphatic rings. The van der Waals surface area contributed by atoms with Gasteiger partial charge in [0.25, 0.3) is 5.91 Å². The number of unbranched alkanes of at least 4 members (excludes halogenated alkanes) is 1. The standard InChI is InChI=1S/C17H20FNO3/c1-12-11-16(13(2)22-12)17(20)19-9-3-4-10-21-15-7-5-14(18)6-8-15/h5-8,11H,3-4,9-10H2,1-2H3,(H,19,20). The molecule has 1 aromatic heterocycles. The molecule has 1 aromatic carbocycles. The Morgan fingerprint density at radius 1 is 1.23 bits per heavy atom. The molecule has 118 valence electrons. The first-order chi connectivity index (χ1) is 10.6. The van der Waals surface area contributed by atoms with Crippen LogP contribution in [0.4, 0.5) is 4.39 Å². The molecule has 0 saturated heterocycles. The topological polar surface area (TPSA) is 51.5 Å². The van der Waals surface area contributed by atoms with Crippen molar-refractivity contribution in [2.45, 2.75) is 26.7 Å². The molecule has 4 nitrogen and oxygen atoms in total. The number of halogens is 1. The number of rotatable bonds is 7. The van der Waals surface area contributed by atoms with E-state index in [2.05, 4.69) is 5.32 Å². The van der Waals surface area contributed by atoms with E-state index in [0.29, 0.717) is 30.2 Å². The summed E-state index contributed by atoms with van der Waals surface area (Å²) in [5.41, 5.74) is 0.583. The molecule has 5 heteroatoms. The van der Waals surface area contributed by atoms with Crippen LogP contribution in [0.15, 0.2) is 34.7 Å². The van der Waals surface area contributed by atoms with Crippen LogP contribution >= 0.6 is 0 Å². The summed E-state index contributed by atoms with van der Waals surface area (Å²) >= 11 is 0. The Morgan fingerprint density at radius 2 is 1.95 bits per heavy atom. The van der Waals surface area contributed by atoms with Gasteiger partial charge in [-0.3, -0.25) is 4.79 Å². The Balaban J connectivity index is 1.62. The summed E-state index contributed by atoms with van der Waals surface area (Å²) in [6.45, 7) is 4.70. The van der Waals surface area contributed by atoms with Gasteiger partial charge in [0.15, 0.2) is 0 Å². The van der Waals surface area contributed by atoms with Crippen molar-refractivity contribution in [3.63, 3.8) is 0 Å². The number of furan rings is 1. The Hall–Kier alpha value is -2.30. The minimum atomic E-state index is -0.278. The van der Waals surface area contributed by atoms with E-state index in [0.717, 1.165) is 18.6 Å². The normalized spacial score (nSPS) is 10.5. The van der Waals surface area contributed by atoms with Gasteiger partial charge in [0, 0.05) is 6.54 Å². The van der Waals surface area contributed by atoms with Crippen LogP contribution in [0.25, 0.3) is 0 Å². The molecular weight excluding hydrogens is 285 g/mol. The fourth-order valence-corrected chi connectivity index (χ4v) is 2.10. The summed E-state index contributed by atoms with van der Waals surface area (Å²) in [5.74, 6) is 1.62. The number of benzene rings is 1. The number of hydrogen-bond donors (Lipinski definition) is 1. The number of carbonyl (C=O) groups excluding carboxylic acids is 1. The third kappa shape index (κ3) is 4.62. The first-order valence-corrected chi connectivity index (χ1v) is 7.30. The minimum Gasteiger partial charge on any atom is -0.494 e. The van der Waals surface area contributed by atoms with E-state index in [1.165, 1.54) is 12.1 Å². The maximum Gasteiger partial charge on any atom is 0.254 e. The molecule has 2 aromatic rings. The summed E-state index contributed by atoms with van der Waals surface area (Å²) in [6.07, 6.45) is 1.61. The van der Waals surface area contributed by atoms with Gasteiger partial charge in [0.2, 0.25) is 0 Å². The largest absolute Gasteiger partial charge is 0.494 e. The van der Waals surface area contributed by atoms with Crippen LogP contribution < -0.4 is 10.1 Å². The molecule has 0 aliphatic carbocycles. The summed E-state index contributed by atoms with van der Waals surface area (Å²) in [6, 6.07) is 7.67. The fraction of sp³-hybridized carbons (Fsp3) is 0.353. The Kier molecular flexibility index (Phi) is 5.58. The van der Waals surface area contributed by atoms with Crippen molar-refractivity contribution >= 4 is 5.91 Å². The lowest BCUT2D eigenvalue weighted by Gasteiger charge is -2.07. The Labute approximate surface area is 129 Å². The van der Waals surface area contributed by atoms with Gasteiger partial charge in [-0.2, -0.15) is 0 Å². The zero-order valence-electron chi connectivity index (χ0n) is 12.8. The van der Waals surface area contributed by atoms with Crippen molar-refractivity contribution in [3.05, 3.63) is 53.2 Å². The van der Waals surface area contributed by atoms with Crippen molar-refractivity contribution in [2.75, 3.05) is 13.2 Å². The monoisotopic (exact) mass is 305 g/mol. The first-order valence-electron chi connectivity index (χ1n) is 7.30. The Morgan fingerprint density at radius 3 is 2.59 bits per heavy atom. The number of amides is 1. The average molecular weight is 305 g/mol. The van der Waals surface area contributed by atoms with E-state index < -0.39 is 0 Å². The molecule has 22 heavy (non-hydrogen) atoms. The molecule has 1 heterocycles. The van der Waals surface area contributed by atoms with E-state index >= 15 is 0 Å². The van der Waals surface area contributed by atoms with Crippen LogP contribution in [0.5, 0.6) is 5.75 Å². The predicted molar refractivity (Wildman–Crippen MR) is 81.6 cm³/mol. The van der Waals surface area contributed by atoms with Crippen LogP contribution in [-0.4, -0.2) is 19.1 Å². The van der Waals surface area contributed by atoms with Crippen molar-refractivity contribution in [1.29, 1.82) is 0 Å². The van der Waals surface area contributed by atoms with Crippen molar-refractivity contribution in [2.24, 2.45) is 0 Å². The van der Waals surface area contributed by atoms with Crippen LogP contribution in [-0.2, 0) is 0 Å². The smallest absolute Gasteiger partial charge is 0.254 e. The second-order valence-corrected chi connectivity index (χ2v) is 5.09. The van der Waals surface area contributed by atoms with E-state index in [9.17, 15) is 9.18 Å². The number of carbonyl (C=O) groups is 1. The molecule has 0 spiro atoms. The lowest BCUT2D eigenvalue weighted by Crippen LogP contribution is -2.24. The SMILES string of the molecule is Cc1cc(C(=O)NCCCCOc2ccc(F)cc2)c(C)o1. The number of ether oxygens (including phenoxy) is 1. The van der Waals surface area contributed by atoms with Crippen LogP contribution in [0, 0.1) is 19.7 Å².